The summed E-state index contributed by atoms with van der Waals surface area (Å²) in [7, 11) is 3.36. The van der Waals surface area contributed by atoms with E-state index in [0.717, 1.165) is 22.8 Å². The molecule has 33 heavy (non-hydrogen) atoms. The summed E-state index contributed by atoms with van der Waals surface area (Å²) in [6.45, 7) is 0.371. The maximum atomic E-state index is 13.3. The van der Waals surface area contributed by atoms with Crippen molar-refractivity contribution < 1.29 is 9.53 Å². The molecule has 0 aliphatic heterocycles. The first kappa shape index (κ1) is 20.4. The summed E-state index contributed by atoms with van der Waals surface area (Å²) in [5, 5.41) is 4.48. The van der Waals surface area contributed by atoms with Gasteiger partial charge in [-0.25, -0.2) is 9.67 Å². The van der Waals surface area contributed by atoms with Crippen LogP contribution >= 0.6 is 0 Å². The van der Waals surface area contributed by atoms with Crippen LogP contribution in [-0.2, 0) is 6.54 Å². The van der Waals surface area contributed by atoms with Crippen molar-refractivity contribution in [3.05, 3.63) is 90.9 Å². The standard InChI is InChI=1S/C24H21N7O2/c1-29(16-17-6-3-4-10-26-17)24(32)22-21-15-25-12-13-30(21)23(28-22)20-9-11-27-31(20)18-7-5-8-19(14-18)33-2/h3-15H,16H2,1-2H3. The van der Waals surface area contributed by atoms with E-state index in [1.54, 1.807) is 54.7 Å². The molecule has 0 bridgehead atoms. The highest BCUT2D eigenvalue weighted by Gasteiger charge is 2.23. The Labute approximate surface area is 189 Å². The van der Waals surface area contributed by atoms with Gasteiger partial charge in [-0.15, -0.1) is 0 Å². The smallest absolute Gasteiger partial charge is 0.274 e. The van der Waals surface area contributed by atoms with Crippen molar-refractivity contribution in [3.8, 4) is 23.0 Å². The normalized spacial score (nSPS) is 11.0. The van der Waals surface area contributed by atoms with Crippen LogP contribution in [0.3, 0.4) is 0 Å². The Morgan fingerprint density at radius 2 is 2.00 bits per heavy atom. The number of methoxy groups -OCH3 is 1. The fourth-order valence-electron chi connectivity index (χ4n) is 3.68. The monoisotopic (exact) mass is 439 g/mol. The number of amides is 1. The van der Waals surface area contributed by atoms with Crippen LogP contribution in [0.2, 0.25) is 0 Å². The topological polar surface area (TPSA) is 90.4 Å². The van der Waals surface area contributed by atoms with E-state index in [-0.39, 0.29) is 5.91 Å². The lowest BCUT2D eigenvalue weighted by Crippen LogP contribution is -2.27. The maximum Gasteiger partial charge on any atom is 0.274 e. The second-order valence-corrected chi connectivity index (χ2v) is 7.43. The van der Waals surface area contributed by atoms with Gasteiger partial charge >= 0.3 is 0 Å². The molecule has 164 valence electrons. The number of rotatable bonds is 6. The Balaban J connectivity index is 1.57. The van der Waals surface area contributed by atoms with Gasteiger partial charge in [-0.05, 0) is 30.3 Å². The highest BCUT2D eigenvalue weighted by molar-refractivity contribution is 5.99. The third-order valence-electron chi connectivity index (χ3n) is 5.29. The number of pyridine rings is 1. The lowest BCUT2D eigenvalue weighted by Gasteiger charge is -2.15. The van der Waals surface area contributed by atoms with Gasteiger partial charge < -0.3 is 9.64 Å². The number of hydrogen-bond acceptors (Lipinski definition) is 6. The van der Waals surface area contributed by atoms with Gasteiger partial charge in [0.15, 0.2) is 11.5 Å². The largest absolute Gasteiger partial charge is 0.497 e. The summed E-state index contributed by atoms with van der Waals surface area (Å²) >= 11 is 0. The molecule has 9 nitrogen and oxygen atoms in total. The quantitative estimate of drug-likeness (QED) is 0.403. The number of benzene rings is 1. The fraction of sp³-hybridized carbons (Fsp3) is 0.125. The van der Waals surface area contributed by atoms with Gasteiger partial charge in [-0.2, -0.15) is 5.10 Å². The number of carbonyl (C=O) groups excluding carboxylic acids is 1. The average Bonchev–Trinajstić information content (AvgIpc) is 3.49. The zero-order valence-corrected chi connectivity index (χ0v) is 18.2. The van der Waals surface area contributed by atoms with Crippen LogP contribution in [0.4, 0.5) is 0 Å². The molecule has 0 radical (unpaired) electrons. The Kier molecular flexibility index (Phi) is 5.27. The second kappa shape index (κ2) is 8.54. The Hall–Kier alpha value is -4.53. The molecule has 0 saturated carbocycles. The molecule has 0 unspecified atom stereocenters. The highest BCUT2D eigenvalue weighted by atomic mass is 16.5. The van der Waals surface area contributed by atoms with E-state index < -0.39 is 0 Å². The van der Waals surface area contributed by atoms with Crippen molar-refractivity contribution in [3.63, 3.8) is 0 Å². The molecule has 0 saturated heterocycles. The molecule has 5 aromatic rings. The summed E-state index contributed by atoms with van der Waals surface area (Å²) in [5.74, 6) is 1.09. The zero-order valence-electron chi connectivity index (χ0n) is 18.2. The number of aromatic nitrogens is 6. The predicted molar refractivity (Wildman–Crippen MR) is 122 cm³/mol. The van der Waals surface area contributed by atoms with E-state index in [9.17, 15) is 4.79 Å². The average molecular weight is 439 g/mol. The van der Waals surface area contributed by atoms with Crippen molar-refractivity contribution in [2.24, 2.45) is 0 Å². The molecule has 4 heterocycles. The second-order valence-electron chi connectivity index (χ2n) is 7.43. The van der Waals surface area contributed by atoms with Gasteiger partial charge in [0.2, 0.25) is 0 Å². The van der Waals surface area contributed by atoms with Gasteiger partial charge in [0.1, 0.15) is 11.4 Å². The van der Waals surface area contributed by atoms with Crippen molar-refractivity contribution in [1.29, 1.82) is 0 Å². The minimum Gasteiger partial charge on any atom is -0.497 e. The van der Waals surface area contributed by atoms with Gasteiger partial charge in [0.25, 0.3) is 5.91 Å². The number of carbonyl (C=O) groups is 1. The summed E-state index contributed by atoms with van der Waals surface area (Å²) < 4.78 is 8.97. The van der Waals surface area contributed by atoms with E-state index in [1.165, 1.54) is 0 Å². The predicted octanol–water partition coefficient (Wildman–Crippen LogP) is 3.26. The molecule has 0 fully saturated rings. The van der Waals surface area contributed by atoms with Crippen LogP contribution in [0.15, 0.2) is 79.5 Å². The fourth-order valence-corrected chi connectivity index (χ4v) is 3.68. The first-order chi connectivity index (χ1) is 16.2. The Bertz CT molecular complexity index is 1430. The number of ether oxygens (including phenoxy) is 1. The summed E-state index contributed by atoms with van der Waals surface area (Å²) in [4.78, 5) is 28.2. The zero-order chi connectivity index (χ0) is 22.8. The molecule has 0 atom stereocenters. The molecular weight excluding hydrogens is 418 g/mol. The summed E-state index contributed by atoms with van der Waals surface area (Å²) in [5.41, 5.74) is 3.28. The lowest BCUT2D eigenvalue weighted by molar-refractivity contribution is 0.0780. The molecule has 9 heteroatoms. The molecule has 5 rings (SSSR count). The van der Waals surface area contributed by atoms with Crippen LogP contribution in [-0.4, -0.2) is 54.1 Å². The third-order valence-corrected chi connectivity index (χ3v) is 5.29. The number of imidazole rings is 1. The number of hydrogen-bond donors (Lipinski definition) is 0. The molecule has 0 aliphatic carbocycles. The van der Waals surface area contributed by atoms with Crippen molar-refractivity contribution >= 4 is 11.4 Å². The summed E-state index contributed by atoms with van der Waals surface area (Å²) in [6, 6.07) is 15.1. The van der Waals surface area contributed by atoms with E-state index in [0.29, 0.717) is 23.6 Å². The van der Waals surface area contributed by atoms with E-state index in [2.05, 4.69) is 15.1 Å². The van der Waals surface area contributed by atoms with E-state index in [4.69, 9.17) is 9.72 Å². The third kappa shape index (κ3) is 3.80. The number of nitrogens with zero attached hydrogens (tertiary/aromatic N) is 7. The minimum absolute atomic E-state index is 0.218. The molecule has 1 amide bonds. The van der Waals surface area contributed by atoms with Crippen molar-refractivity contribution in [2.45, 2.75) is 6.54 Å². The van der Waals surface area contributed by atoms with Crippen LogP contribution in [0, 0.1) is 0 Å². The van der Waals surface area contributed by atoms with Crippen molar-refractivity contribution in [1.82, 2.24) is 34.0 Å². The minimum atomic E-state index is -0.218. The van der Waals surface area contributed by atoms with Crippen LogP contribution in [0.1, 0.15) is 16.2 Å². The molecule has 4 aromatic heterocycles. The van der Waals surface area contributed by atoms with E-state index >= 15 is 0 Å². The van der Waals surface area contributed by atoms with Gasteiger partial charge in [0, 0.05) is 31.7 Å². The Morgan fingerprint density at radius 3 is 2.82 bits per heavy atom. The maximum absolute atomic E-state index is 13.3. The van der Waals surface area contributed by atoms with Crippen LogP contribution in [0.25, 0.3) is 22.7 Å². The van der Waals surface area contributed by atoms with Crippen LogP contribution in [0.5, 0.6) is 5.75 Å². The molecule has 0 N–H and O–H groups in total. The molecular formula is C24H21N7O2. The highest BCUT2D eigenvalue weighted by Crippen LogP contribution is 2.26. The van der Waals surface area contributed by atoms with Gasteiger partial charge in [-0.3, -0.25) is 19.2 Å². The van der Waals surface area contributed by atoms with Gasteiger partial charge in [0.05, 0.1) is 42.9 Å². The van der Waals surface area contributed by atoms with Gasteiger partial charge in [-0.1, -0.05) is 12.1 Å². The number of fused-ring (bicyclic) bond motifs is 1. The SMILES string of the molecule is COc1cccc(-n2nccc2-c2nc(C(=O)N(C)Cc3ccccn3)c3cnccn23)c1. The lowest BCUT2D eigenvalue weighted by atomic mass is 10.3. The summed E-state index contributed by atoms with van der Waals surface area (Å²) in [6.07, 6.45) is 8.50. The van der Waals surface area contributed by atoms with Crippen molar-refractivity contribution in [2.75, 3.05) is 14.2 Å². The first-order valence-corrected chi connectivity index (χ1v) is 10.3. The molecule has 0 aliphatic rings. The molecule has 0 spiro atoms. The first-order valence-electron chi connectivity index (χ1n) is 10.3. The Morgan fingerprint density at radius 1 is 1.09 bits per heavy atom. The molecule has 1 aromatic carbocycles. The van der Waals surface area contributed by atoms with Crippen LogP contribution < -0.4 is 4.74 Å². The van der Waals surface area contributed by atoms with E-state index in [1.807, 2.05) is 52.9 Å².